The molecule has 0 bridgehead atoms. The van der Waals surface area contributed by atoms with Gasteiger partial charge in [-0.2, -0.15) is 0 Å². The maximum Gasteiger partial charge on any atom is 0.296 e. The van der Waals surface area contributed by atoms with Gasteiger partial charge in [-0.1, -0.05) is 32.9 Å². The van der Waals surface area contributed by atoms with Crippen molar-refractivity contribution in [3.05, 3.63) is 64.1 Å². The van der Waals surface area contributed by atoms with E-state index in [0.29, 0.717) is 5.56 Å². The zero-order chi connectivity index (χ0) is 21.2. The van der Waals surface area contributed by atoms with Gasteiger partial charge in [0.15, 0.2) is 20.2 Å². The van der Waals surface area contributed by atoms with E-state index in [0.717, 1.165) is 23.0 Å². The lowest BCUT2D eigenvalue weighted by Crippen LogP contribution is -2.64. The van der Waals surface area contributed by atoms with Gasteiger partial charge in [-0.25, -0.2) is 0 Å². The first-order valence-electron chi connectivity index (χ1n) is 9.70. The number of hydrogen-bond acceptors (Lipinski definition) is 6. The molecule has 0 aliphatic carbocycles. The number of β-lactam (4-membered cyclic amide) rings is 1. The Bertz CT molecular complexity index is 884. The van der Waals surface area contributed by atoms with Crippen LogP contribution in [-0.4, -0.2) is 36.1 Å². The second-order valence-electron chi connectivity index (χ2n) is 7.07. The van der Waals surface area contributed by atoms with Gasteiger partial charge in [-0.05, 0) is 35.8 Å². The second kappa shape index (κ2) is 8.30. The average Bonchev–Trinajstić information content (AvgIpc) is 3.28. The number of nitro groups is 1. The molecule has 2 amide bonds. The van der Waals surface area contributed by atoms with Gasteiger partial charge in [-0.15, -0.1) is 0 Å². The number of likely N-dealkylation sites (tertiary alicyclic amines) is 1. The zero-order valence-electron chi connectivity index (χ0n) is 16.7. The molecule has 0 radical (unpaired) electrons. The molecule has 154 valence electrons. The summed E-state index contributed by atoms with van der Waals surface area (Å²) in [5, 5.41) is 11.0. The van der Waals surface area contributed by atoms with E-state index in [4.69, 9.17) is 8.84 Å². The number of benzene rings is 1. The Labute approximate surface area is 169 Å². The van der Waals surface area contributed by atoms with E-state index in [1.807, 2.05) is 0 Å². The Morgan fingerprint density at radius 3 is 2.28 bits per heavy atom. The third-order valence-corrected chi connectivity index (χ3v) is 10.4. The number of carbonyl (C=O) groups is 2. The predicted octanol–water partition coefficient (Wildman–Crippen LogP) is 4.30. The summed E-state index contributed by atoms with van der Waals surface area (Å²) in [4.78, 5) is 37.4. The highest BCUT2D eigenvalue weighted by molar-refractivity contribution is 6.73. The van der Waals surface area contributed by atoms with Crippen molar-refractivity contribution in [1.82, 2.24) is 4.90 Å². The van der Waals surface area contributed by atoms with E-state index in [1.54, 1.807) is 18.2 Å². The van der Waals surface area contributed by atoms with Crippen molar-refractivity contribution in [2.24, 2.45) is 0 Å². The van der Waals surface area contributed by atoms with Crippen LogP contribution in [0.4, 0.5) is 5.69 Å². The number of carbonyl (C=O) groups excluding carboxylic acids is 2. The van der Waals surface area contributed by atoms with E-state index in [1.165, 1.54) is 24.5 Å². The van der Waals surface area contributed by atoms with Gasteiger partial charge >= 0.3 is 0 Å². The van der Waals surface area contributed by atoms with Gasteiger partial charge in [0.05, 0.1) is 17.2 Å². The van der Waals surface area contributed by atoms with Crippen molar-refractivity contribution in [3.63, 3.8) is 0 Å². The van der Waals surface area contributed by atoms with Crippen LogP contribution in [0, 0.1) is 10.1 Å². The summed E-state index contributed by atoms with van der Waals surface area (Å²) in [6.07, 6.45) is 0.595. The molecule has 0 spiro atoms. The van der Waals surface area contributed by atoms with E-state index in [2.05, 4.69) is 20.8 Å². The molecule has 1 fully saturated rings. The number of rotatable bonds is 8. The van der Waals surface area contributed by atoms with Crippen LogP contribution in [0.2, 0.25) is 18.1 Å². The molecule has 9 heteroatoms. The van der Waals surface area contributed by atoms with Crippen LogP contribution in [0.1, 0.15) is 42.9 Å². The average molecular weight is 417 g/mol. The molecule has 8 nitrogen and oxygen atoms in total. The summed E-state index contributed by atoms with van der Waals surface area (Å²) in [7, 11) is -2.12. The minimum Gasteiger partial charge on any atom is -0.459 e. The molecular weight excluding hydrogens is 392 g/mol. The summed E-state index contributed by atoms with van der Waals surface area (Å²) in [5.74, 6) is -0.879. The number of nitrogens with zero attached hydrogens (tertiary/aromatic N) is 2. The van der Waals surface area contributed by atoms with Gasteiger partial charge < -0.3 is 8.84 Å². The van der Waals surface area contributed by atoms with Gasteiger partial charge in [0, 0.05) is 12.1 Å². The number of non-ortho nitro benzene ring substituents is 1. The summed E-state index contributed by atoms with van der Waals surface area (Å²) in [6.45, 7) is 6.19. The fraction of sp³-hybridized carbons (Fsp3) is 0.400. The fourth-order valence-corrected chi connectivity index (χ4v) is 6.48. The lowest BCUT2D eigenvalue weighted by molar-refractivity contribution is -0.384. The van der Waals surface area contributed by atoms with Gasteiger partial charge in [0.1, 0.15) is 0 Å². The van der Waals surface area contributed by atoms with Crippen LogP contribution in [0.3, 0.4) is 0 Å². The van der Waals surface area contributed by atoms with E-state index in [-0.39, 0.29) is 11.4 Å². The number of nitro benzene ring substituents is 1. The van der Waals surface area contributed by atoms with Crippen LogP contribution in [-0.2, 0) is 9.22 Å². The Balaban J connectivity index is 1.96. The standard InChI is InChI=1S/C20H24N2O6Si/c1-4-29(5-2,6-3)28-18-17(14-9-11-15(12-10-14)22(25)26)21(20(18)24)19(23)16-8-7-13-27-16/h7-13,17-18H,4-6H2,1-3H3. The molecule has 1 aromatic heterocycles. The highest BCUT2D eigenvalue weighted by Gasteiger charge is 2.55. The maximum atomic E-state index is 12.9. The van der Waals surface area contributed by atoms with Crippen LogP contribution in [0.5, 0.6) is 0 Å². The largest absolute Gasteiger partial charge is 0.459 e. The number of hydrogen-bond donors (Lipinski definition) is 0. The molecule has 0 saturated carbocycles. The van der Waals surface area contributed by atoms with Crippen LogP contribution in [0.25, 0.3) is 0 Å². The zero-order valence-corrected chi connectivity index (χ0v) is 17.7. The molecule has 29 heavy (non-hydrogen) atoms. The first-order chi connectivity index (χ1) is 13.9. The molecular formula is C20H24N2O6Si. The predicted molar refractivity (Wildman–Crippen MR) is 108 cm³/mol. The Kier molecular flexibility index (Phi) is 5.99. The molecule has 2 heterocycles. The molecule has 2 atom stereocenters. The molecule has 1 aliphatic rings. The van der Waals surface area contributed by atoms with Crippen molar-refractivity contribution in [3.8, 4) is 0 Å². The summed E-state index contributed by atoms with van der Waals surface area (Å²) >= 11 is 0. The number of amides is 2. The smallest absolute Gasteiger partial charge is 0.296 e. The molecule has 2 unspecified atom stereocenters. The van der Waals surface area contributed by atoms with Gasteiger partial charge in [0.25, 0.3) is 17.5 Å². The molecule has 1 saturated heterocycles. The van der Waals surface area contributed by atoms with E-state index in [9.17, 15) is 19.7 Å². The topological polar surface area (TPSA) is 103 Å². The molecule has 1 aliphatic heterocycles. The van der Waals surface area contributed by atoms with E-state index < -0.39 is 37.2 Å². The van der Waals surface area contributed by atoms with Gasteiger partial charge in [-0.3, -0.25) is 24.6 Å². The normalized spacial score (nSPS) is 19.1. The highest BCUT2D eigenvalue weighted by Crippen LogP contribution is 2.41. The first kappa shape index (κ1) is 20.9. The number of imide groups is 1. The Morgan fingerprint density at radius 1 is 1.17 bits per heavy atom. The summed E-state index contributed by atoms with van der Waals surface area (Å²) < 4.78 is 11.6. The SMILES string of the molecule is CC[Si](CC)(CC)OC1C(=O)N(C(=O)c2ccco2)C1c1ccc([N+](=O)[O-])cc1. The lowest BCUT2D eigenvalue weighted by atomic mass is 9.90. The minimum atomic E-state index is -2.12. The monoisotopic (exact) mass is 416 g/mol. The quantitative estimate of drug-likeness (QED) is 0.209. The first-order valence-corrected chi connectivity index (χ1v) is 12.2. The van der Waals surface area contributed by atoms with Crippen LogP contribution < -0.4 is 0 Å². The van der Waals surface area contributed by atoms with E-state index >= 15 is 0 Å². The summed E-state index contributed by atoms with van der Waals surface area (Å²) in [5.41, 5.74) is 0.562. The molecule has 0 N–H and O–H groups in total. The fourth-order valence-electron chi connectivity index (χ4n) is 3.71. The van der Waals surface area contributed by atoms with Crippen molar-refractivity contribution in [2.75, 3.05) is 0 Å². The summed E-state index contributed by atoms with van der Waals surface area (Å²) in [6, 6.07) is 10.9. The Hall–Kier alpha value is -2.78. The second-order valence-corrected chi connectivity index (χ2v) is 11.8. The molecule has 1 aromatic carbocycles. The van der Waals surface area contributed by atoms with Crippen molar-refractivity contribution < 1.29 is 23.4 Å². The third kappa shape index (κ3) is 3.75. The Morgan fingerprint density at radius 2 is 1.79 bits per heavy atom. The maximum absolute atomic E-state index is 12.9. The number of furan rings is 1. The molecule has 3 rings (SSSR count). The molecule has 2 aromatic rings. The van der Waals surface area contributed by atoms with Crippen LogP contribution >= 0.6 is 0 Å². The third-order valence-electron chi connectivity index (χ3n) is 5.75. The van der Waals surface area contributed by atoms with Crippen LogP contribution in [0.15, 0.2) is 47.1 Å². The van der Waals surface area contributed by atoms with Crippen molar-refractivity contribution >= 4 is 25.8 Å². The van der Waals surface area contributed by atoms with Gasteiger partial charge in [0.2, 0.25) is 0 Å². The lowest BCUT2D eigenvalue weighted by Gasteiger charge is -2.48. The highest BCUT2D eigenvalue weighted by atomic mass is 28.4. The van der Waals surface area contributed by atoms with Crippen molar-refractivity contribution in [1.29, 1.82) is 0 Å². The minimum absolute atomic E-state index is 0.0554. The van der Waals surface area contributed by atoms with Crippen molar-refractivity contribution in [2.45, 2.75) is 51.0 Å².